The first-order valence-electron chi connectivity index (χ1n) is 7.95. The van der Waals surface area contributed by atoms with Gasteiger partial charge in [0.15, 0.2) is 0 Å². The summed E-state index contributed by atoms with van der Waals surface area (Å²) < 4.78 is 0. The number of hydrogen-bond donors (Lipinski definition) is 1. The molecular weight excluding hydrogens is 224 g/mol. The van der Waals surface area contributed by atoms with Gasteiger partial charge in [-0.1, -0.05) is 78.1 Å². The summed E-state index contributed by atoms with van der Waals surface area (Å²) in [7, 11) is 0. The van der Waals surface area contributed by atoms with Crippen molar-refractivity contribution in [2.75, 3.05) is 0 Å². The van der Waals surface area contributed by atoms with Crippen LogP contribution in [0.5, 0.6) is 0 Å². The van der Waals surface area contributed by atoms with Crippen molar-refractivity contribution < 1.29 is 9.90 Å². The number of aliphatic carboxylic acids is 1. The van der Waals surface area contributed by atoms with Crippen molar-refractivity contribution in [2.24, 2.45) is 5.92 Å². The lowest BCUT2D eigenvalue weighted by Gasteiger charge is -2.11. The van der Waals surface area contributed by atoms with Gasteiger partial charge in [-0.2, -0.15) is 0 Å². The van der Waals surface area contributed by atoms with Crippen molar-refractivity contribution in [2.45, 2.75) is 90.9 Å². The number of unbranched alkanes of at least 4 members (excludes halogenated alkanes) is 8. The van der Waals surface area contributed by atoms with E-state index in [0.717, 1.165) is 25.7 Å². The number of hydrogen-bond acceptors (Lipinski definition) is 1. The minimum Gasteiger partial charge on any atom is -0.481 e. The van der Waals surface area contributed by atoms with Crippen LogP contribution in [0.4, 0.5) is 0 Å². The smallest absolute Gasteiger partial charge is 0.306 e. The molecular formula is C16H32O2. The second kappa shape index (κ2) is 12.9. The maximum absolute atomic E-state index is 11.1. The van der Waals surface area contributed by atoms with Crippen molar-refractivity contribution in [3.8, 4) is 0 Å². The Morgan fingerprint density at radius 3 is 1.50 bits per heavy atom. The molecule has 0 radical (unpaired) electrons. The Labute approximate surface area is 113 Å². The van der Waals surface area contributed by atoms with Gasteiger partial charge in [0.1, 0.15) is 0 Å². The summed E-state index contributed by atoms with van der Waals surface area (Å²) in [5.74, 6) is -0.672. The Morgan fingerprint density at radius 2 is 1.17 bits per heavy atom. The molecule has 0 fully saturated rings. The SMILES string of the molecule is CCCCCCCC(CCCCCCC)C(=O)O. The summed E-state index contributed by atoms with van der Waals surface area (Å²) in [5.41, 5.74) is 0. The first kappa shape index (κ1) is 17.5. The fraction of sp³-hybridized carbons (Fsp3) is 0.938. The van der Waals surface area contributed by atoms with Crippen molar-refractivity contribution >= 4 is 5.97 Å². The molecule has 0 atom stereocenters. The highest BCUT2D eigenvalue weighted by molar-refractivity contribution is 5.69. The fourth-order valence-corrected chi connectivity index (χ4v) is 2.38. The van der Waals surface area contributed by atoms with Crippen LogP contribution in [0, 0.1) is 5.92 Å². The lowest BCUT2D eigenvalue weighted by atomic mass is 9.94. The van der Waals surface area contributed by atoms with Gasteiger partial charge < -0.3 is 5.11 Å². The van der Waals surface area contributed by atoms with Crippen LogP contribution in [0.25, 0.3) is 0 Å². The van der Waals surface area contributed by atoms with E-state index in [4.69, 9.17) is 0 Å². The average molecular weight is 256 g/mol. The lowest BCUT2D eigenvalue weighted by Crippen LogP contribution is -2.13. The molecule has 0 aromatic heterocycles. The molecule has 0 aromatic rings. The normalized spacial score (nSPS) is 11.1. The van der Waals surface area contributed by atoms with Gasteiger partial charge in [0.05, 0.1) is 5.92 Å². The minimum atomic E-state index is -0.582. The van der Waals surface area contributed by atoms with E-state index in [1.807, 2.05) is 0 Å². The van der Waals surface area contributed by atoms with Gasteiger partial charge in [-0.25, -0.2) is 0 Å². The molecule has 0 rings (SSSR count). The largest absolute Gasteiger partial charge is 0.481 e. The van der Waals surface area contributed by atoms with Crippen molar-refractivity contribution in [3.63, 3.8) is 0 Å². The fourth-order valence-electron chi connectivity index (χ4n) is 2.38. The number of carboxylic acid groups (broad SMARTS) is 1. The molecule has 0 spiro atoms. The third kappa shape index (κ3) is 10.6. The topological polar surface area (TPSA) is 37.3 Å². The van der Waals surface area contributed by atoms with Gasteiger partial charge in [0, 0.05) is 0 Å². The molecule has 0 aliphatic carbocycles. The van der Waals surface area contributed by atoms with Crippen molar-refractivity contribution in [3.05, 3.63) is 0 Å². The molecule has 0 bridgehead atoms. The van der Waals surface area contributed by atoms with Crippen LogP contribution in [0.2, 0.25) is 0 Å². The van der Waals surface area contributed by atoms with Gasteiger partial charge in [0.25, 0.3) is 0 Å². The molecule has 2 nitrogen and oxygen atoms in total. The molecule has 0 unspecified atom stereocenters. The second-order valence-electron chi connectivity index (χ2n) is 5.44. The summed E-state index contributed by atoms with van der Waals surface area (Å²) >= 11 is 0. The maximum Gasteiger partial charge on any atom is 0.306 e. The van der Waals surface area contributed by atoms with E-state index in [-0.39, 0.29) is 5.92 Å². The van der Waals surface area contributed by atoms with Crippen molar-refractivity contribution in [1.29, 1.82) is 0 Å². The van der Waals surface area contributed by atoms with E-state index >= 15 is 0 Å². The van der Waals surface area contributed by atoms with Gasteiger partial charge in [-0.05, 0) is 12.8 Å². The van der Waals surface area contributed by atoms with Gasteiger partial charge in [-0.3, -0.25) is 4.79 Å². The predicted octanol–water partition coefficient (Wildman–Crippen LogP) is 5.41. The molecule has 0 aromatic carbocycles. The first-order chi connectivity index (χ1) is 8.72. The van der Waals surface area contributed by atoms with Crippen LogP contribution in [0.3, 0.4) is 0 Å². The van der Waals surface area contributed by atoms with E-state index in [1.54, 1.807) is 0 Å². The predicted molar refractivity (Wildman–Crippen MR) is 77.9 cm³/mol. The molecule has 0 heterocycles. The standard InChI is InChI=1S/C16H32O2/c1-3-5-7-9-11-13-15(16(17)18)14-12-10-8-6-4-2/h15H,3-14H2,1-2H3,(H,17,18). The highest BCUT2D eigenvalue weighted by Gasteiger charge is 2.15. The molecule has 0 aliphatic rings. The number of carbonyl (C=O) groups is 1. The van der Waals surface area contributed by atoms with E-state index < -0.39 is 5.97 Å². The Bertz CT molecular complexity index is 176. The summed E-state index contributed by atoms with van der Waals surface area (Å²) in [4.78, 5) is 11.1. The average Bonchev–Trinajstić information content (AvgIpc) is 2.35. The zero-order chi connectivity index (χ0) is 13.6. The highest BCUT2D eigenvalue weighted by atomic mass is 16.4. The molecule has 0 saturated carbocycles. The van der Waals surface area contributed by atoms with Crippen LogP contribution in [0.1, 0.15) is 90.9 Å². The lowest BCUT2D eigenvalue weighted by molar-refractivity contribution is -0.142. The number of carboxylic acids is 1. The minimum absolute atomic E-state index is 0.0896. The molecule has 108 valence electrons. The Morgan fingerprint density at radius 1 is 0.778 bits per heavy atom. The summed E-state index contributed by atoms with van der Waals surface area (Å²) in [5, 5.41) is 9.18. The Kier molecular flexibility index (Phi) is 12.5. The molecule has 0 aliphatic heterocycles. The van der Waals surface area contributed by atoms with E-state index in [1.165, 1.54) is 51.4 Å². The van der Waals surface area contributed by atoms with E-state index in [9.17, 15) is 9.90 Å². The van der Waals surface area contributed by atoms with Crippen LogP contribution < -0.4 is 0 Å². The first-order valence-corrected chi connectivity index (χ1v) is 7.95. The van der Waals surface area contributed by atoms with Crippen LogP contribution >= 0.6 is 0 Å². The number of rotatable bonds is 13. The van der Waals surface area contributed by atoms with Crippen LogP contribution in [-0.4, -0.2) is 11.1 Å². The monoisotopic (exact) mass is 256 g/mol. The quantitative estimate of drug-likeness (QED) is 0.447. The molecule has 2 heteroatoms. The van der Waals surface area contributed by atoms with Crippen LogP contribution in [0.15, 0.2) is 0 Å². The van der Waals surface area contributed by atoms with Gasteiger partial charge in [0.2, 0.25) is 0 Å². The maximum atomic E-state index is 11.1. The summed E-state index contributed by atoms with van der Waals surface area (Å²) in [6, 6.07) is 0. The molecule has 0 saturated heterocycles. The summed E-state index contributed by atoms with van der Waals surface area (Å²) in [6.07, 6.45) is 13.9. The third-order valence-corrected chi connectivity index (χ3v) is 3.66. The van der Waals surface area contributed by atoms with Crippen molar-refractivity contribution in [1.82, 2.24) is 0 Å². The van der Waals surface area contributed by atoms with E-state index in [2.05, 4.69) is 13.8 Å². The third-order valence-electron chi connectivity index (χ3n) is 3.66. The molecule has 18 heavy (non-hydrogen) atoms. The van der Waals surface area contributed by atoms with E-state index in [0.29, 0.717) is 0 Å². The van der Waals surface area contributed by atoms with Gasteiger partial charge in [-0.15, -0.1) is 0 Å². The van der Waals surface area contributed by atoms with Crippen LogP contribution in [-0.2, 0) is 4.79 Å². The zero-order valence-corrected chi connectivity index (χ0v) is 12.4. The molecule has 1 N–H and O–H groups in total. The second-order valence-corrected chi connectivity index (χ2v) is 5.44. The summed E-state index contributed by atoms with van der Waals surface area (Å²) in [6.45, 7) is 4.41. The highest BCUT2D eigenvalue weighted by Crippen LogP contribution is 2.19. The Hall–Kier alpha value is -0.530. The Balaban J connectivity index is 3.56. The zero-order valence-electron chi connectivity index (χ0n) is 12.4. The molecule has 0 amide bonds. The van der Waals surface area contributed by atoms with Gasteiger partial charge >= 0.3 is 5.97 Å².